The number of benzene rings is 3. The van der Waals surface area contributed by atoms with E-state index in [2.05, 4.69) is 0 Å². The van der Waals surface area contributed by atoms with Gasteiger partial charge in [0.2, 0.25) is 11.6 Å². The molecular formula is C32H22N4O14. The van der Waals surface area contributed by atoms with Gasteiger partial charge in [0, 0.05) is 34.4 Å². The quantitative estimate of drug-likeness (QED) is 0.0774. The second-order valence-electron chi connectivity index (χ2n) is 11.0. The lowest BCUT2D eigenvalue weighted by atomic mass is 10.1. The van der Waals surface area contributed by atoms with Crippen molar-refractivity contribution < 1.29 is 38.5 Å². The van der Waals surface area contributed by atoms with Crippen molar-refractivity contribution in [3.63, 3.8) is 0 Å². The van der Waals surface area contributed by atoms with Crippen LogP contribution in [0.2, 0.25) is 0 Å². The van der Waals surface area contributed by atoms with Gasteiger partial charge in [-0.25, -0.2) is 0 Å². The van der Waals surface area contributed by atoms with Crippen LogP contribution in [0.3, 0.4) is 0 Å². The molecule has 0 aliphatic heterocycles. The van der Waals surface area contributed by atoms with Crippen LogP contribution in [0.15, 0.2) is 67.7 Å². The van der Waals surface area contributed by atoms with E-state index < -0.39 is 81.9 Å². The second kappa shape index (κ2) is 13.3. The SMILES string of the molecule is Cc1ccc(C(=O)COC(=O)Cn2c(=O)c3cc4c(=O)n(CC(=O)OCC(=O)c5ccc(C)c([N+](=O)[O-])c5)c(=O)c4cc3c2=O)cc1[N+](=O)[O-]. The highest BCUT2D eigenvalue weighted by atomic mass is 16.6. The Morgan fingerprint density at radius 2 is 0.900 bits per heavy atom. The van der Waals surface area contributed by atoms with Crippen LogP contribution < -0.4 is 22.2 Å². The third-order valence-electron chi connectivity index (χ3n) is 7.82. The molecule has 0 bridgehead atoms. The molecule has 254 valence electrons. The molecule has 0 N–H and O–H groups in total. The Hall–Kier alpha value is -6.98. The molecule has 2 aromatic heterocycles. The normalized spacial score (nSPS) is 11.1. The van der Waals surface area contributed by atoms with E-state index in [1.54, 1.807) is 0 Å². The maximum atomic E-state index is 13.0. The molecule has 0 aliphatic carbocycles. The molecule has 5 aromatic rings. The van der Waals surface area contributed by atoms with Gasteiger partial charge in [-0.15, -0.1) is 0 Å². The zero-order valence-corrected chi connectivity index (χ0v) is 26.0. The number of hydrogen-bond donors (Lipinski definition) is 0. The Morgan fingerprint density at radius 3 is 1.20 bits per heavy atom. The van der Waals surface area contributed by atoms with Crippen molar-refractivity contribution in [2.75, 3.05) is 13.2 Å². The predicted molar refractivity (Wildman–Crippen MR) is 171 cm³/mol. The van der Waals surface area contributed by atoms with Gasteiger partial charge in [-0.05, 0) is 26.0 Å². The van der Waals surface area contributed by atoms with E-state index >= 15 is 0 Å². The number of esters is 2. The zero-order chi connectivity index (χ0) is 36.6. The highest BCUT2D eigenvalue weighted by Crippen LogP contribution is 2.21. The van der Waals surface area contributed by atoms with Gasteiger partial charge in [0.15, 0.2) is 13.2 Å². The van der Waals surface area contributed by atoms with E-state index in [0.29, 0.717) is 20.3 Å². The van der Waals surface area contributed by atoms with Crippen molar-refractivity contribution in [3.8, 4) is 0 Å². The molecule has 0 unspecified atom stereocenters. The Bertz CT molecular complexity index is 2290. The summed E-state index contributed by atoms with van der Waals surface area (Å²) in [6.45, 7) is -0.621. The third kappa shape index (κ3) is 6.44. The third-order valence-corrected chi connectivity index (χ3v) is 7.82. The molecule has 50 heavy (non-hydrogen) atoms. The number of aryl methyl sites for hydroxylation is 2. The van der Waals surface area contributed by atoms with Gasteiger partial charge in [0.25, 0.3) is 33.6 Å². The molecule has 3 aromatic carbocycles. The number of hydrogen-bond acceptors (Lipinski definition) is 14. The summed E-state index contributed by atoms with van der Waals surface area (Å²) in [6.07, 6.45) is 0. The van der Waals surface area contributed by atoms with E-state index in [4.69, 9.17) is 9.47 Å². The van der Waals surface area contributed by atoms with Gasteiger partial charge in [0.1, 0.15) is 13.1 Å². The first-order valence-corrected chi connectivity index (χ1v) is 14.4. The smallest absolute Gasteiger partial charge is 0.326 e. The number of ketones is 2. The van der Waals surface area contributed by atoms with Crippen LogP contribution in [0.5, 0.6) is 0 Å². The number of nitro benzene ring substituents is 2. The largest absolute Gasteiger partial charge is 0.456 e. The number of nitro groups is 2. The maximum Gasteiger partial charge on any atom is 0.326 e. The Balaban J connectivity index is 1.30. The number of carbonyl (C=O) groups is 4. The molecule has 0 fully saturated rings. The summed E-state index contributed by atoms with van der Waals surface area (Å²) >= 11 is 0. The van der Waals surface area contributed by atoms with Crippen molar-refractivity contribution in [2.24, 2.45) is 0 Å². The highest BCUT2D eigenvalue weighted by Gasteiger charge is 2.24. The minimum Gasteiger partial charge on any atom is -0.456 e. The van der Waals surface area contributed by atoms with Gasteiger partial charge < -0.3 is 9.47 Å². The second-order valence-corrected chi connectivity index (χ2v) is 11.0. The van der Waals surface area contributed by atoms with Gasteiger partial charge in [0.05, 0.1) is 31.4 Å². The summed E-state index contributed by atoms with van der Waals surface area (Å²) in [7, 11) is 0. The summed E-state index contributed by atoms with van der Waals surface area (Å²) in [5.41, 5.74) is -4.30. The van der Waals surface area contributed by atoms with E-state index in [0.717, 1.165) is 24.3 Å². The Labute approximate surface area is 276 Å². The topological polar surface area (TPSA) is 251 Å². The van der Waals surface area contributed by atoms with Crippen LogP contribution in [-0.4, -0.2) is 55.7 Å². The highest BCUT2D eigenvalue weighted by molar-refractivity contribution is 6.00. The lowest BCUT2D eigenvalue weighted by Gasteiger charge is -2.05. The first-order valence-electron chi connectivity index (χ1n) is 14.4. The van der Waals surface area contributed by atoms with E-state index in [9.17, 15) is 58.6 Å². The molecule has 2 heterocycles. The number of Topliss-reactive ketones (excluding diaryl/α,β-unsaturated/α-hetero) is 2. The molecule has 0 radical (unpaired) electrons. The van der Waals surface area contributed by atoms with Crippen molar-refractivity contribution >= 4 is 56.4 Å². The lowest BCUT2D eigenvalue weighted by molar-refractivity contribution is -0.385. The summed E-state index contributed by atoms with van der Waals surface area (Å²) in [5.74, 6) is -3.90. The fraction of sp³-hybridized carbons (Fsp3) is 0.188. The van der Waals surface area contributed by atoms with Crippen LogP contribution in [0.4, 0.5) is 11.4 Å². The Kier molecular flexibility index (Phi) is 9.11. The van der Waals surface area contributed by atoms with Gasteiger partial charge in [-0.2, -0.15) is 0 Å². The Morgan fingerprint density at radius 1 is 0.580 bits per heavy atom. The van der Waals surface area contributed by atoms with Crippen molar-refractivity contribution in [1.29, 1.82) is 0 Å². The molecule has 0 saturated carbocycles. The molecule has 18 nitrogen and oxygen atoms in total. The van der Waals surface area contributed by atoms with Gasteiger partial charge in [-0.1, -0.05) is 24.3 Å². The van der Waals surface area contributed by atoms with E-state index in [-0.39, 0.29) is 44.0 Å². The minimum atomic E-state index is -1.17. The molecule has 0 amide bonds. The van der Waals surface area contributed by atoms with E-state index in [1.807, 2.05) is 0 Å². The first-order chi connectivity index (χ1) is 23.6. The molecule has 0 atom stereocenters. The van der Waals surface area contributed by atoms with Crippen molar-refractivity contribution in [3.05, 3.63) is 132 Å². The lowest BCUT2D eigenvalue weighted by Crippen LogP contribution is -2.31. The van der Waals surface area contributed by atoms with Crippen LogP contribution in [0.25, 0.3) is 21.5 Å². The zero-order valence-electron chi connectivity index (χ0n) is 26.0. The monoisotopic (exact) mass is 686 g/mol. The van der Waals surface area contributed by atoms with Crippen LogP contribution in [0, 0.1) is 34.1 Å². The number of ether oxygens (including phenoxy) is 2. The fourth-order valence-corrected chi connectivity index (χ4v) is 5.13. The number of rotatable bonds is 12. The number of carbonyl (C=O) groups excluding carboxylic acids is 4. The molecule has 5 rings (SSSR count). The summed E-state index contributed by atoms with van der Waals surface area (Å²) in [4.78, 5) is 123. The fourth-order valence-electron chi connectivity index (χ4n) is 5.13. The van der Waals surface area contributed by atoms with Crippen molar-refractivity contribution in [2.45, 2.75) is 26.9 Å². The summed E-state index contributed by atoms with van der Waals surface area (Å²) in [5, 5.41) is 21.0. The maximum absolute atomic E-state index is 13.0. The molecule has 0 saturated heterocycles. The average Bonchev–Trinajstić information content (AvgIpc) is 3.44. The van der Waals surface area contributed by atoms with Crippen LogP contribution in [0.1, 0.15) is 31.8 Å². The van der Waals surface area contributed by atoms with Gasteiger partial charge >= 0.3 is 11.9 Å². The average molecular weight is 687 g/mol. The molecule has 18 heteroatoms. The summed E-state index contributed by atoms with van der Waals surface area (Å²) in [6, 6.07) is 9.26. The van der Waals surface area contributed by atoms with Crippen LogP contribution in [-0.2, 0) is 32.2 Å². The number of aromatic nitrogens is 2. The molecule has 0 aliphatic rings. The van der Waals surface area contributed by atoms with Crippen molar-refractivity contribution in [1.82, 2.24) is 9.13 Å². The molecular weight excluding hydrogens is 664 g/mol. The predicted octanol–water partition coefficient (Wildman–Crippen LogP) is 1.20. The standard InChI is InChI=1S/C32H22N4O14/c1-15-3-5-17(7-23(15)35(45)46)25(37)13-49-27(39)11-33-29(41)19-9-21-22(10-20(19)30(33)42)32(44)34(31(21)43)12-28(40)50-14-26(38)18-6-4-16(2)24(8-18)36(47)48/h3-10H,11-14H2,1-2H3. The van der Waals surface area contributed by atoms with E-state index in [1.165, 1.54) is 38.1 Å². The minimum absolute atomic E-state index is 0.106. The molecule has 0 spiro atoms. The number of fused-ring (bicyclic) bond motifs is 2. The number of nitrogens with zero attached hydrogens (tertiary/aromatic N) is 4. The van der Waals surface area contributed by atoms with Gasteiger partial charge in [-0.3, -0.25) is 67.7 Å². The summed E-state index contributed by atoms with van der Waals surface area (Å²) < 4.78 is 10.7. The first kappa shape index (κ1) is 34.4. The van der Waals surface area contributed by atoms with Crippen LogP contribution >= 0.6 is 0 Å².